The zero-order valence-corrected chi connectivity index (χ0v) is 20.8. The van der Waals surface area contributed by atoms with Crippen LogP contribution in [-0.2, 0) is 11.2 Å². The summed E-state index contributed by atoms with van der Waals surface area (Å²) in [6, 6.07) is 15.9. The van der Waals surface area contributed by atoms with Gasteiger partial charge in [-0.2, -0.15) is 0 Å². The van der Waals surface area contributed by atoms with Crippen LogP contribution in [-0.4, -0.2) is 67.2 Å². The Kier molecular flexibility index (Phi) is 6.89. The molecule has 1 saturated heterocycles. The second-order valence-electron chi connectivity index (χ2n) is 9.23. The number of carbonyl (C=O) groups excluding carboxylic acids is 2. The third-order valence-electron chi connectivity index (χ3n) is 7.06. The van der Waals surface area contributed by atoms with Gasteiger partial charge in [-0.05, 0) is 66.7 Å². The Hall–Kier alpha value is -3.87. The number of nitrogens with zero attached hydrogens (tertiary/aromatic N) is 3. The molecule has 2 aliphatic rings. The van der Waals surface area contributed by atoms with Crippen LogP contribution in [0.4, 0.5) is 4.79 Å². The Morgan fingerprint density at radius 3 is 2.42 bits per heavy atom. The number of para-hydroxylation sites is 1. The Balaban J connectivity index is 1.55. The number of ether oxygens (including phenoxy) is 2. The Labute approximate surface area is 211 Å². The van der Waals surface area contributed by atoms with Crippen molar-refractivity contribution in [3.8, 4) is 5.75 Å². The van der Waals surface area contributed by atoms with Crippen molar-refractivity contribution in [1.82, 2.24) is 14.8 Å². The SMILES string of the molecule is COC(=O)N1CCCN(C(=O)c2c3c(nc4ccccc24)/C(=C\c2ccc(OC)cc2)CCC3)CC1. The molecule has 1 aliphatic heterocycles. The molecule has 7 heteroatoms. The summed E-state index contributed by atoms with van der Waals surface area (Å²) in [6.45, 7) is 2.13. The lowest BCUT2D eigenvalue weighted by molar-refractivity contribution is 0.0758. The van der Waals surface area contributed by atoms with E-state index in [9.17, 15) is 9.59 Å². The number of fused-ring (bicyclic) bond motifs is 2. The molecule has 0 radical (unpaired) electrons. The highest BCUT2D eigenvalue weighted by atomic mass is 16.5. The molecule has 2 heterocycles. The van der Waals surface area contributed by atoms with Crippen LogP contribution in [0, 0.1) is 0 Å². The highest BCUT2D eigenvalue weighted by Gasteiger charge is 2.29. The van der Waals surface area contributed by atoms with Crippen molar-refractivity contribution < 1.29 is 19.1 Å². The van der Waals surface area contributed by atoms with Gasteiger partial charge < -0.3 is 19.3 Å². The summed E-state index contributed by atoms with van der Waals surface area (Å²) in [6.07, 6.45) is 5.24. The van der Waals surface area contributed by atoms with Crippen molar-refractivity contribution in [2.75, 3.05) is 40.4 Å². The van der Waals surface area contributed by atoms with Gasteiger partial charge in [0.25, 0.3) is 5.91 Å². The summed E-state index contributed by atoms with van der Waals surface area (Å²) < 4.78 is 10.2. The summed E-state index contributed by atoms with van der Waals surface area (Å²) in [5, 5.41) is 0.890. The van der Waals surface area contributed by atoms with E-state index in [1.807, 2.05) is 53.4 Å². The number of rotatable bonds is 3. The second-order valence-corrected chi connectivity index (χ2v) is 9.23. The first kappa shape index (κ1) is 23.9. The van der Waals surface area contributed by atoms with E-state index < -0.39 is 0 Å². The third-order valence-corrected chi connectivity index (χ3v) is 7.06. The monoisotopic (exact) mass is 485 g/mol. The van der Waals surface area contributed by atoms with Gasteiger partial charge in [0.15, 0.2) is 0 Å². The minimum absolute atomic E-state index is 0.0160. The van der Waals surface area contributed by atoms with E-state index in [-0.39, 0.29) is 12.0 Å². The molecule has 0 bridgehead atoms. The van der Waals surface area contributed by atoms with Crippen molar-refractivity contribution in [3.63, 3.8) is 0 Å². The quantitative estimate of drug-likeness (QED) is 0.520. The van der Waals surface area contributed by atoms with Gasteiger partial charge in [0.05, 0.1) is 31.0 Å². The van der Waals surface area contributed by atoms with Gasteiger partial charge in [0, 0.05) is 31.6 Å². The Morgan fingerprint density at radius 1 is 0.889 bits per heavy atom. The van der Waals surface area contributed by atoms with Gasteiger partial charge in [-0.1, -0.05) is 30.3 Å². The molecule has 186 valence electrons. The van der Waals surface area contributed by atoms with Crippen molar-refractivity contribution in [3.05, 3.63) is 70.9 Å². The highest BCUT2D eigenvalue weighted by Crippen LogP contribution is 2.37. The smallest absolute Gasteiger partial charge is 0.409 e. The maximum absolute atomic E-state index is 14.1. The molecule has 36 heavy (non-hydrogen) atoms. The zero-order chi connectivity index (χ0) is 25.1. The summed E-state index contributed by atoms with van der Waals surface area (Å²) in [5.74, 6) is 0.837. The van der Waals surface area contributed by atoms with Gasteiger partial charge in [-0.3, -0.25) is 4.79 Å². The predicted molar refractivity (Wildman–Crippen MR) is 140 cm³/mol. The molecule has 1 fully saturated rings. The first-order valence-electron chi connectivity index (χ1n) is 12.5. The zero-order valence-electron chi connectivity index (χ0n) is 20.8. The number of methoxy groups -OCH3 is 2. The average molecular weight is 486 g/mol. The summed E-state index contributed by atoms with van der Waals surface area (Å²) in [4.78, 5) is 34.7. The molecular formula is C29H31N3O4. The third kappa shape index (κ3) is 4.65. The van der Waals surface area contributed by atoms with Crippen molar-refractivity contribution in [1.29, 1.82) is 0 Å². The van der Waals surface area contributed by atoms with Crippen LogP contribution in [0.1, 0.15) is 46.4 Å². The maximum Gasteiger partial charge on any atom is 0.409 e. The lowest BCUT2D eigenvalue weighted by atomic mass is 9.85. The van der Waals surface area contributed by atoms with Crippen LogP contribution < -0.4 is 4.74 Å². The normalized spacial score (nSPS) is 17.0. The molecular weight excluding hydrogens is 454 g/mol. The average Bonchev–Trinajstić information content (AvgIpc) is 3.18. The number of hydrogen-bond acceptors (Lipinski definition) is 5. The molecule has 0 atom stereocenters. The molecule has 0 spiro atoms. The van der Waals surface area contributed by atoms with Gasteiger partial charge in [0.1, 0.15) is 5.75 Å². The summed E-state index contributed by atoms with van der Waals surface area (Å²) in [7, 11) is 3.05. The van der Waals surface area contributed by atoms with E-state index in [1.54, 1.807) is 12.0 Å². The van der Waals surface area contributed by atoms with Gasteiger partial charge in [-0.25, -0.2) is 9.78 Å². The van der Waals surface area contributed by atoms with Gasteiger partial charge in [0.2, 0.25) is 0 Å². The molecule has 5 rings (SSSR count). The number of amides is 2. The highest BCUT2D eigenvalue weighted by molar-refractivity contribution is 6.09. The van der Waals surface area contributed by atoms with Crippen molar-refractivity contribution in [2.24, 2.45) is 0 Å². The Morgan fingerprint density at radius 2 is 1.64 bits per heavy atom. The maximum atomic E-state index is 14.1. The standard InChI is InChI=1S/C29H31N3O4/c1-35-22-13-11-20(12-14-22)19-21-7-5-9-24-26(23-8-3-4-10-25(23)30-27(21)24)28(33)31-15-6-16-32(18-17-31)29(34)36-2/h3-4,8,10-14,19H,5-7,9,15-18H2,1-2H3/b21-19-. The molecule has 1 aromatic heterocycles. The number of hydrogen-bond donors (Lipinski definition) is 0. The van der Waals surface area contributed by atoms with Crippen LogP contribution in [0.25, 0.3) is 22.6 Å². The minimum Gasteiger partial charge on any atom is -0.497 e. The largest absolute Gasteiger partial charge is 0.497 e. The minimum atomic E-state index is -0.343. The van der Waals surface area contributed by atoms with E-state index >= 15 is 0 Å². The van der Waals surface area contributed by atoms with E-state index in [1.165, 1.54) is 7.11 Å². The Bertz CT molecular complexity index is 1320. The number of allylic oxidation sites excluding steroid dienone is 1. The number of carbonyl (C=O) groups is 2. The van der Waals surface area contributed by atoms with Crippen LogP contribution in [0.3, 0.4) is 0 Å². The summed E-state index contributed by atoms with van der Waals surface area (Å²) in [5.41, 5.74) is 5.75. The molecule has 2 amide bonds. The van der Waals surface area contributed by atoms with Crippen molar-refractivity contribution in [2.45, 2.75) is 25.7 Å². The van der Waals surface area contributed by atoms with Crippen LogP contribution >= 0.6 is 0 Å². The molecule has 2 aromatic carbocycles. The molecule has 3 aromatic rings. The van der Waals surface area contributed by atoms with Crippen LogP contribution in [0.5, 0.6) is 5.75 Å². The first-order valence-corrected chi connectivity index (χ1v) is 12.5. The lowest BCUT2D eigenvalue weighted by Gasteiger charge is -2.27. The van der Waals surface area contributed by atoms with Crippen LogP contribution in [0.15, 0.2) is 48.5 Å². The molecule has 1 aliphatic carbocycles. The van der Waals surface area contributed by atoms with E-state index in [2.05, 4.69) is 6.08 Å². The number of benzene rings is 2. The van der Waals surface area contributed by atoms with Crippen molar-refractivity contribution >= 4 is 34.6 Å². The fourth-order valence-electron chi connectivity index (χ4n) is 5.21. The van der Waals surface area contributed by atoms with Crippen LogP contribution in [0.2, 0.25) is 0 Å². The molecule has 0 N–H and O–H groups in total. The second kappa shape index (κ2) is 10.4. The topological polar surface area (TPSA) is 72.0 Å². The fraction of sp³-hybridized carbons (Fsp3) is 0.345. The molecule has 0 saturated carbocycles. The lowest BCUT2D eigenvalue weighted by Crippen LogP contribution is -2.38. The fourth-order valence-corrected chi connectivity index (χ4v) is 5.21. The predicted octanol–water partition coefficient (Wildman–Crippen LogP) is 5.03. The van der Waals surface area contributed by atoms with E-state index in [4.69, 9.17) is 14.5 Å². The van der Waals surface area contributed by atoms with E-state index in [0.29, 0.717) is 32.6 Å². The molecule has 0 unspecified atom stereocenters. The first-order chi connectivity index (χ1) is 17.6. The van der Waals surface area contributed by atoms with Gasteiger partial charge >= 0.3 is 6.09 Å². The summed E-state index contributed by atoms with van der Waals surface area (Å²) >= 11 is 0. The number of pyridine rings is 1. The molecule has 7 nitrogen and oxygen atoms in total. The van der Waals surface area contributed by atoms with E-state index in [0.717, 1.165) is 63.9 Å². The van der Waals surface area contributed by atoms with Gasteiger partial charge in [-0.15, -0.1) is 0 Å². The number of aromatic nitrogens is 1.